The van der Waals surface area contributed by atoms with Crippen LogP contribution in [0.1, 0.15) is 24.0 Å². The van der Waals surface area contributed by atoms with Gasteiger partial charge in [-0.15, -0.1) is 0 Å². The number of rotatable bonds is 15. The number of aromatic nitrogens is 1. The van der Waals surface area contributed by atoms with Crippen LogP contribution in [0.2, 0.25) is 0 Å². The van der Waals surface area contributed by atoms with E-state index in [-0.39, 0.29) is 18.6 Å². The molecular formula is C28H33N5O9. The van der Waals surface area contributed by atoms with Gasteiger partial charge in [0.1, 0.15) is 23.9 Å². The molecule has 0 aliphatic carbocycles. The van der Waals surface area contributed by atoms with Crippen molar-refractivity contribution in [2.45, 2.75) is 49.9 Å². The molecule has 4 unspecified atom stereocenters. The summed E-state index contributed by atoms with van der Waals surface area (Å²) in [5.74, 6) is -5.38. The molecule has 0 radical (unpaired) electrons. The second-order valence-corrected chi connectivity index (χ2v) is 9.68. The molecular weight excluding hydrogens is 550 g/mol. The van der Waals surface area contributed by atoms with E-state index in [9.17, 15) is 39.3 Å². The number of hydrogen-bond acceptors (Lipinski definition) is 8. The molecule has 0 spiro atoms. The van der Waals surface area contributed by atoms with Crippen LogP contribution in [-0.2, 0) is 36.8 Å². The highest BCUT2D eigenvalue weighted by Crippen LogP contribution is 2.19. The Morgan fingerprint density at radius 1 is 0.810 bits per heavy atom. The molecule has 14 nitrogen and oxygen atoms in total. The zero-order valence-corrected chi connectivity index (χ0v) is 22.4. The number of fused-ring (bicyclic) bond motifs is 1. The van der Waals surface area contributed by atoms with E-state index in [0.29, 0.717) is 5.56 Å². The second kappa shape index (κ2) is 14.6. The predicted molar refractivity (Wildman–Crippen MR) is 149 cm³/mol. The summed E-state index contributed by atoms with van der Waals surface area (Å²) in [4.78, 5) is 64.5. The minimum atomic E-state index is -1.55. The number of para-hydroxylation sites is 1. The van der Waals surface area contributed by atoms with Crippen molar-refractivity contribution in [2.75, 3.05) is 6.61 Å². The number of H-pyrrole nitrogens is 1. The lowest BCUT2D eigenvalue weighted by Crippen LogP contribution is -2.58. The van der Waals surface area contributed by atoms with Crippen LogP contribution < -0.4 is 21.7 Å². The number of aromatic amines is 1. The van der Waals surface area contributed by atoms with Crippen molar-refractivity contribution in [3.05, 3.63) is 65.9 Å². The van der Waals surface area contributed by atoms with Gasteiger partial charge in [-0.1, -0.05) is 30.3 Å². The molecule has 224 valence electrons. The minimum Gasteiger partial charge on any atom is -0.508 e. The molecule has 3 amide bonds. The Morgan fingerprint density at radius 2 is 1.43 bits per heavy atom. The molecule has 14 heteroatoms. The van der Waals surface area contributed by atoms with Crippen molar-refractivity contribution >= 4 is 40.6 Å². The SMILES string of the molecule is NC(Cc1c[nH]c2ccccc12)C(=O)NC(CO)C(=O)NC(Cc1ccc(O)cc1)C(=O)NC(CCC(=O)O)C(=O)O. The normalized spacial score (nSPS) is 13.9. The van der Waals surface area contributed by atoms with E-state index in [1.807, 2.05) is 24.3 Å². The first-order valence-corrected chi connectivity index (χ1v) is 13.0. The highest BCUT2D eigenvalue weighted by atomic mass is 16.4. The molecule has 0 aliphatic heterocycles. The first-order chi connectivity index (χ1) is 20.0. The summed E-state index contributed by atoms with van der Waals surface area (Å²) in [5.41, 5.74) is 8.20. The number of carbonyl (C=O) groups excluding carboxylic acids is 3. The Morgan fingerprint density at radius 3 is 2.07 bits per heavy atom. The number of aromatic hydroxyl groups is 1. The molecule has 42 heavy (non-hydrogen) atoms. The number of benzene rings is 2. The lowest BCUT2D eigenvalue weighted by atomic mass is 10.0. The maximum Gasteiger partial charge on any atom is 0.326 e. The number of amides is 3. The Bertz CT molecular complexity index is 1420. The number of nitrogens with one attached hydrogen (secondary N) is 4. The summed E-state index contributed by atoms with van der Waals surface area (Å²) in [5, 5.41) is 45.6. The van der Waals surface area contributed by atoms with E-state index in [1.54, 1.807) is 6.20 Å². The van der Waals surface area contributed by atoms with Crippen LogP contribution in [0.25, 0.3) is 10.9 Å². The Kier molecular flexibility index (Phi) is 11.0. The zero-order chi connectivity index (χ0) is 30.8. The zero-order valence-electron chi connectivity index (χ0n) is 22.4. The van der Waals surface area contributed by atoms with E-state index in [2.05, 4.69) is 20.9 Å². The van der Waals surface area contributed by atoms with E-state index < -0.39 is 73.3 Å². The second-order valence-electron chi connectivity index (χ2n) is 9.68. The molecule has 0 bridgehead atoms. The maximum atomic E-state index is 13.1. The highest BCUT2D eigenvalue weighted by Gasteiger charge is 2.30. The molecule has 0 aliphatic rings. The number of phenols is 1. The fraction of sp³-hybridized carbons (Fsp3) is 0.321. The fourth-order valence-electron chi connectivity index (χ4n) is 4.25. The number of nitrogens with two attached hydrogens (primary N) is 1. The van der Waals surface area contributed by atoms with Gasteiger partial charge in [-0.25, -0.2) is 4.79 Å². The molecule has 10 N–H and O–H groups in total. The van der Waals surface area contributed by atoms with E-state index >= 15 is 0 Å². The topological polar surface area (TPSA) is 244 Å². The van der Waals surface area contributed by atoms with Gasteiger partial charge in [-0.05, 0) is 42.2 Å². The number of carboxylic acids is 2. The third kappa shape index (κ3) is 8.78. The van der Waals surface area contributed by atoms with Crippen LogP contribution in [0, 0.1) is 0 Å². The Balaban J connectivity index is 1.71. The number of aliphatic hydroxyl groups is 1. The lowest BCUT2D eigenvalue weighted by molar-refractivity contribution is -0.143. The van der Waals surface area contributed by atoms with Gasteiger partial charge in [0.15, 0.2) is 0 Å². The van der Waals surface area contributed by atoms with Crippen LogP contribution in [-0.4, -0.2) is 85.8 Å². The Labute approximate surface area is 239 Å². The average Bonchev–Trinajstić information content (AvgIpc) is 3.36. The van der Waals surface area contributed by atoms with Crippen LogP contribution >= 0.6 is 0 Å². The largest absolute Gasteiger partial charge is 0.508 e. The summed E-state index contributed by atoms with van der Waals surface area (Å²) in [6.45, 7) is -0.832. The maximum absolute atomic E-state index is 13.1. The van der Waals surface area contributed by atoms with Gasteiger partial charge >= 0.3 is 11.9 Å². The van der Waals surface area contributed by atoms with E-state index in [0.717, 1.165) is 16.5 Å². The monoisotopic (exact) mass is 583 g/mol. The van der Waals surface area contributed by atoms with Crippen molar-refractivity contribution in [1.82, 2.24) is 20.9 Å². The predicted octanol–water partition coefficient (Wildman–Crippen LogP) is -0.618. The average molecular weight is 584 g/mol. The molecule has 3 rings (SSSR count). The van der Waals surface area contributed by atoms with Gasteiger partial charge < -0.3 is 47.1 Å². The van der Waals surface area contributed by atoms with Crippen LogP contribution in [0.5, 0.6) is 5.75 Å². The van der Waals surface area contributed by atoms with Crippen LogP contribution in [0.15, 0.2) is 54.7 Å². The van der Waals surface area contributed by atoms with Crippen LogP contribution in [0.4, 0.5) is 0 Å². The van der Waals surface area contributed by atoms with Crippen molar-refractivity contribution in [3.8, 4) is 5.75 Å². The number of phenolic OH excluding ortho intramolecular Hbond substituents is 1. The quantitative estimate of drug-likeness (QED) is 0.110. The van der Waals surface area contributed by atoms with Crippen molar-refractivity contribution in [1.29, 1.82) is 0 Å². The van der Waals surface area contributed by atoms with Gasteiger partial charge in [0.25, 0.3) is 0 Å². The third-order valence-electron chi connectivity index (χ3n) is 6.54. The third-order valence-corrected chi connectivity index (χ3v) is 6.54. The number of aliphatic carboxylic acids is 2. The number of hydrogen-bond donors (Lipinski definition) is 9. The Hall–Kier alpha value is -4.95. The molecule has 2 aromatic carbocycles. The first kappa shape index (κ1) is 31.6. The van der Waals surface area contributed by atoms with Crippen molar-refractivity contribution in [3.63, 3.8) is 0 Å². The smallest absolute Gasteiger partial charge is 0.326 e. The molecule has 0 saturated carbocycles. The molecule has 1 aromatic heterocycles. The van der Waals surface area contributed by atoms with Gasteiger partial charge in [0.05, 0.1) is 12.6 Å². The lowest BCUT2D eigenvalue weighted by Gasteiger charge is -2.24. The summed E-state index contributed by atoms with van der Waals surface area (Å²) in [7, 11) is 0. The summed E-state index contributed by atoms with van der Waals surface area (Å²) < 4.78 is 0. The molecule has 0 saturated heterocycles. The number of carbonyl (C=O) groups is 5. The van der Waals surface area contributed by atoms with E-state index in [4.69, 9.17) is 10.8 Å². The minimum absolute atomic E-state index is 0.0459. The standard InChI is InChI=1S/C28H33N5O9/c29-19(12-16-13-30-20-4-2-1-3-18(16)20)25(38)33-23(14-34)27(40)32-22(11-15-5-7-17(35)8-6-15)26(39)31-21(28(41)42)9-10-24(36)37/h1-8,13,19,21-23,30,34-35H,9-12,14,29H2,(H,31,39)(H,32,40)(H,33,38)(H,36,37)(H,41,42). The van der Waals surface area contributed by atoms with Crippen molar-refractivity contribution in [2.24, 2.45) is 5.73 Å². The van der Waals surface area contributed by atoms with Gasteiger partial charge in [-0.3, -0.25) is 19.2 Å². The van der Waals surface area contributed by atoms with Crippen molar-refractivity contribution < 1.29 is 44.4 Å². The van der Waals surface area contributed by atoms with Gasteiger partial charge in [0.2, 0.25) is 17.7 Å². The highest BCUT2D eigenvalue weighted by molar-refractivity contribution is 5.94. The molecule has 4 atom stereocenters. The summed E-state index contributed by atoms with van der Waals surface area (Å²) in [6, 6.07) is 7.58. The summed E-state index contributed by atoms with van der Waals surface area (Å²) in [6.07, 6.45) is 0.773. The van der Waals surface area contributed by atoms with E-state index in [1.165, 1.54) is 24.3 Å². The first-order valence-electron chi connectivity index (χ1n) is 13.0. The summed E-state index contributed by atoms with van der Waals surface area (Å²) >= 11 is 0. The van der Waals surface area contributed by atoms with Gasteiger partial charge in [0, 0.05) is 29.9 Å². The number of carboxylic acid groups (broad SMARTS) is 2. The molecule has 1 heterocycles. The van der Waals surface area contributed by atoms with Gasteiger partial charge in [-0.2, -0.15) is 0 Å². The number of aliphatic hydroxyl groups excluding tert-OH is 1. The molecule has 0 fully saturated rings. The fourth-order valence-corrected chi connectivity index (χ4v) is 4.25. The molecule has 3 aromatic rings. The van der Waals surface area contributed by atoms with Crippen LogP contribution in [0.3, 0.4) is 0 Å².